The van der Waals surface area contributed by atoms with E-state index < -0.39 is 59.9 Å². The normalized spacial score (nSPS) is 16.0. The molecular formula is C33H40F6N2O8. The van der Waals surface area contributed by atoms with Crippen molar-refractivity contribution in [3.63, 3.8) is 0 Å². The fraction of sp³-hybridized carbons (Fsp3) is 0.545. The molecule has 0 radical (unpaired) electrons. The van der Waals surface area contributed by atoms with E-state index in [2.05, 4.69) is 0 Å². The molecule has 272 valence electrons. The number of hydrogen-bond acceptors (Lipinski definition) is 8. The summed E-state index contributed by atoms with van der Waals surface area (Å²) in [4.78, 5) is 40.3. The zero-order valence-electron chi connectivity index (χ0n) is 27.8. The van der Waals surface area contributed by atoms with Crippen molar-refractivity contribution in [1.82, 2.24) is 4.90 Å². The minimum absolute atomic E-state index is 0.00792. The Labute approximate surface area is 280 Å². The van der Waals surface area contributed by atoms with Crippen molar-refractivity contribution in [2.75, 3.05) is 38.9 Å². The van der Waals surface area contributed by atoms with Crippen LogP contribution in [0.5, 0.6) is 11.5 Å². The summed E-state index contributed by atoms with van der Waals surface area (Å²) in [7, 11) is 2.39. The van der Waals surface area contributed by atoms with Crippen LogP contribution in [0.4, 0.5) is 41.6 Å². The van der Waals surface area contributed by atoms with Crippen LogP contribution < -0.4 is 14.4 Å². The number of anilines is 1. The lowest BCUT2D eigenvalue weighted by Crippen LogP contribution is -2.47. The zero-order chi connectivity index (χ0) is 36.5. The number of nitrogens with zero attached hydrogens (tertiary/aromatic N) is 2. The van der Waals surface area contributed by atoms with Crippen LogP contribution in [0.15, 0.2) is 30.3 Å². The number of unbranched alkanes of at least 4 members (excludes halogenated alkanes) is 2. The molecule has 0 aliphatic carbocycles. The summed E-state index contributed by atoms with van der Waals surface area (Å²) >= 11 is 0. The van der Waals surface area contributed by atoms with Gasteiger partial charge in [0.1, 0.15) is 0 Å². The molecule has 0 N–H and O–H groups in total. The Bertz CT molecular complexity index is 1430. The predicted octanol–water partition coefficient (Wildman–Crippen LogP) is 8.30. The van der Waals surface area contributed by atoms with Crippen molar-refractivity contribution in [2.45, 2.75) is 83.9 Å². The van der Waals surface area contributed by atoms with Crippen LogP contribution >= 0.6 is 0 Å². The molecular weight excluding hydrogens is 666 g/mol. The second kappa shape index (κ2) is 16.8. The molecule has 16 heteroatoms. The molecule has 2 atom stereocenters. The van der Waals surface area contributed by atoms with Gasteiger partial charge in [-0.2, -0.15) is 26.3 Å². The first-order valence-corrected chi connectivity index (χ1v) is 15.6. The van der Waals surface area contributed by atoms with E-state index in [0.717, 1.165) is 12.0 Å². The molecule has 1 aliphatic heterocycles. The van der Waals surface area contributed by atoms with Gasteiger partial charge in [-0.25, -0.2) is 9.59 Å². The maximum atomic E-state index is 13.6. The van der Waals surface area contributed by atoms with E-state index in [-0.39, 0.29) is 55.3 Å². The van der Waals surface area contributed by atoms with Crippen molar-refractivity contribution >= 4 is 23.8 Å². The Morgan fingerprint density at radius 3 is 2.04 bits per heavy atom. The number of fused-ring (bicyclic) bond motifs is 1. The standard InChI is InChI=1S/C33H40F6N2O8/c1-6-47-29(42)11-9-8-10-12-49-28-18-26-24(17-27(28)45-4)25(13-20(3)41(26)31(44)48-7-2)40(30(43)46-5)19-21-14-22(32(34,35)36)16-23(15-21)33(37,38)39/h14-18,20,25H,6-13,19H2,1-5H3. The molecule has 2 unspecified atom stereocenters. The number of benzene rings is 2. The molecule has 0 saturated carbocycles. The third-order valence-corrected chi connectivity index (χ3v) is 7.77. The Morgan fingerprint density at radius 1 is 0.857 bits per heavy atom. The Hall–Kier alpha value is -4.37. The summed E-state index contributed by atoms with van der Waals surface area (Å²) in [5.74, 6) is 0.125. The van der Waals surface area contributed by atoms with Crippen LogP contribution in [0.25, 0.3) is 0 Å². The molecule has 0 saturated heterocycles. The number of amides is 2. The molecule has 10 nitrogen and oxygen atoms in total. The number of alkyl halides is 6. The van der Waals surface area contributed by atoms with Gasteiger partial charge >= 0.3 is 30.5 Å². The summed E-state index contributed by atoms with van der Waals surface area (Å²) < 4.78 is 109. The van der Waals surface area contributed by atoms with Crippen LogP contribution in [0, 0.1) is 0 Å². The van der Waals surface area contributed by atoms with Crippen LogP contribution in [-0.4, -0.2) is 63.1 Å². The minimum atomic E-state index is -5.09. The summed E-state index contributed by atoms with van der Waals surface area (Å²) in [6.45, 7) is 4.85. The van der Waals surface area contributed by atoms with Gasteiger partial charge in [-0.3, -0.25) is 14.6 Å². The summed E-state index contributed by atoms with van der Waals surface area (Å²) in [6.07, 6.45) is -9.87. The zero-order valence-corrected chi connectivity index (χ0v) is 27.8. The Morgan fingerprint density at radius 2 is 1.49 bits per heavy atom. The highest BCUT2D eigenvalue weighted by atomic mass is 19.4. The van der Waals surface area contributed by atoms with E-state index in [0.29, 0.717) is 43.6 Å². The fourth-order valence-electron chi connectivity index (χ4n) is 5.56. The van der Waals surface area contributed by atoms with Gasteiger partial charge in [0.15, 0.2) is 11.5 Å². The smallest absolute Gasteiger partial charge is 0.416 e. The van der Waals surface area contributed by atoms with E-state index in [4.69, 9.17) is 23.7 Å². The third kappa shape index (κ3) is 10.1. The van der Waals surface area contributed by atoms with Crippen molar-refractivity contribution in [1.29, 1.82) is 0 Å². The molecule has 1 aliphatic rings. The van der Waals surface area contributed by atoms with Crippen LogP contribution in [0.2, 0.25) is 0 Å². The lowest BCUT2D eigenvalue weighted by Gasteiger charge is -2.42. The van der Waals surface area contributed by atoms with Gasteiger partial charge in [0.2, 0.25) is 0 Å². The first-order valence-electron chi connectivity index (χ1n) is 15.6. The monoisotopic (exact) mass is 706 g/mol. The summed E-state index contributed by atoms with van der Waals surface area (Å²) in [5, 5.41) is 0. The van der Waals surface area contributed by atoms with Gasteiger partial charge in [-0.1, -0.05) is 0 Å². The van der Waals surface area contributed by atoms with Crippen molar-refractivity contribution in [2.24, 2.45) is 0 Å². The molecule has 1 heterocycles. The number of halogens is 6. The van der Waals surface area contributed by atoms with Crippen molar-refractivity contribution < 1.29 is 64.4 Å². The first kappa shape index (κ1) is 39.1. The summed E-state index contributed by atoms with van der Waals surface area (Å²) in [6, 6.07) is 2.44. The molecule has 0 spiro atoms. The number of esters is 1. The largest absolute Gasteiger partial charge is 0.493 e. The maximum Gasteiger partial charge on any atom is 0.416 e. The molecule has 2 amide bonds. The lowest BCUT2D eigenvalue weighted by molar-refractivity contribution is -0.144. The second-order valence-corrected chi connectivity index (χ2v) is 11.2. The average Bonchev–Trinajstić information content (AvgIpc) is 3.03. The number of ether oxygens (including phenoxy) is 5. The van der Waals surface area contributed by atoms with Gasteiger partial charge in [0, 0.05) is 30.6 Å². The molecule has 2 aromatic carbocycles. The average molecular weight is 707 g/mol. The van der Waals surface area contributed by atoms with E-state index in [1.165, 1.54) is 24.1 Å². The van der Waals surface area contributed by atoms with Gasteiger partial charge < -0.3 is 23.7 Å². The minimum Gasteiger partial charge on any atom is -0.493 e. The summed E-state index contributed by atoms with van der Waals surface area (Å²) in [5.41, 5.74) is -2.98. The maximum absolute atomic E-state index is 13.6. The molecule has 0 fully saturated rings. The van der Waals surface area contributed by atoms with Crippen molar-refractivity contribution in [3.8, 4) is 11.5 Å². The number of carbonyl (C=O) groups excluding carboxylic acids is 3. The van der Waals surface area contributed by atoms with Crippen molar-refractivity contribution in [3.05, 3.63) is 52.6 Å². The van der Waals surface area contributed by atoms with Gasteiger partial charge in [-0.05, 0) is 76.3 Å². The number of carbonyl (C=O) groups is 3. The highest BCUT2D eigenvalue weighted by Gasteiger charge is 2.42. The van der Waals surface area contributed by atoms with Gasteiger partial charge in [0.25, 0.3) is 0 Å². The predicted molar refractivity (Wildman–Crippen MR) is 164 cm³/mol. The number of methoxy groups -OCH3 is 2. The first-order chi connectivity index (χ1) is 23.0. The highest BCUT2D eigenvalue weighted by molar-refractivity contribution is 5.91. The van der Waals surface area contributed by atoms with Gasteiger partial charge in [0.05, 0.1) is 56.9 Å². The number of rotatable bonds is 13. The topological polar surface area (TPSA) is 104 Å². The second-order valence-electron chi connectivity index (χ2n) is 11.2. The molecule has 49 heavy (non-hydrogen) atoms. The van der Waals surface area contributed by atoms with E-state index in [1.54, 1.807) is 20.8 Å². The van der Waals surface area contributed by atoms with E-state index >= 15 is 0 Å². The Balaban J connectivity index is 2.05. The molecule has 0 aromatic heterocycles. The molecule has 3 rings (SSSR count). The van der Waals surface area contributed by atoms with Crippen LogP contribution in [0.1, 0.15) is 81.2 Å². The van der Waals surface area contributed by atoms with E-state index in [9.17, 15) is 40.7 Å². The quantitative estimate of drug-likeness (QED) is 0.0887. The van der Waals surface area contributed by atoms with E-state index in [1.807, 2.05) is 0 Å². The molecule has 2 aromatic rings. The van der Waals surface area contributed by atoms with Crippen LogP contribution in [-0.2, 0) is 37.9 Å². The number of hydrogen-bond donors (Lipinski definition) is 0. The Kier molecular flexibility index (Phi) is 13.4. The highest BCUT2D eigenvalue weighted by Crippen LogP contribution is 2.47. The fourth-order valence-corrected chi connectivity index (χ4v) is 5.56. The third-order valence-electron chi connectivity index (χ3n) is 7.77. The van der Waals surface area contributed by atoms with Crippen LogP contribution in [0.3, 0.4) is 0 Å². The SMILES string of the molecule is CCOC(=O)CCCCCOc1cc2c(cc1OC)C(N(Cc1cc(C(F)(F)F)cc(C(F)(F)F)c1)C(=O)OC)CC(C)N2C(=O)OCC. The molecule has 0 bridgehead atoms. The van der Waals surface area contributed by atoms with Gasteiger partial charge in [-0.15, -0.1) is 0 Å². The lowest BCUT2D eigenvalue weighted by atomic mass is 9.90.